The molecule has 0 spiro atoms. The molecule has 0 rings (SSSR count). The van der Waals surface area contributed by atoms with Gasteiger partial charge in [-0.2, -0.15) is 0 Å². The Balaban J connectivity index is 4.34. The zero-order valence-electron chi connectivity index (χ0n) is 7.72. The second-order valence-electron chi connectivity index (χ2n) is 2.24. The third-order valence-corrected chi connectivity index (χ3v) is 3.21. The van der Waals surface area contributed by atoms with E-state index in [0.29, 0.717) is 6.41 Å². The van der Waals surface area contributed by atoms with Crippen molar-refractivity contribution in [2.24, 2.45) is 0 Å². The van der Waals surface area contributed by atoms with Crippen LogP contribution in [0.5, 0.6) is 0 Å². The molecule has 0 aromatic carbocycles. The van der Waals surface area contributed by atoms with Gasteiger partial charge in [-0.1, -0.05) is 0 Å². The minimum atomic E-state index is -3.35. The molecule has 76 valence electrons. The van der Waals surface area contributed by atoms with Gasteiger partial charge < -0.3 is 9.05 Å². The van der Waals surface area contributed by atoms with Gasteiger partial charge in [0.2, 0.25) is 12.3 Å². The second kappa shape index (κ2) is 5.11. The monoisotopic (exact) mass is 209 g/mol. The summed E-state index contributed by atoms with van der Waals surface area (Å²) in [6, 6.07) is 0. The van der Waals surface area contributed by atoms with Crippen molar-refractivity contribution in [3.63, 3.8) is 0 Å². The zero-order chi connectivity index (χ0) is 10.5. The summed E-state index contributed by atoms with van der Waals surface area (Å²) in [5.41, 5.74) is 0. The van der Waals surface area contributed by atoms with E-state index < -0.39 is 19.7 Å². The molecule has 7 heteroatoms. The molecule has 0 aliphatic carbocycles. The fraction of sp³-hybridized carbons (Fsp3) is 0.667. The molecule has 0 aromatic rings. The first-order valence-corrected chi connectivity index (χ1v) is 5.13. The standard InChI is InChI=1S/C6H12NO5P/c1-7(5-8)6(9)4-13(10,11-2)12-3/h5H,4H2,1-3H3. The quantitative estimate of drug-likeness (QED) is 0.473. The number of rotatable bonds is 5. The Labute approximate surface area is 76.3 Å². The number of nitrogens with zero attached hydrogens (tertiary/aromatic N) is 1. The molecule has 0 heterocycles. The minimum Gasteiger partial charge on any atom is -0.312 e. The summed E-state index contributed by atoms with van der Waals surface area (Å²) >= 11 is 0. The first-order valence-electron chi connectivity index (χ1n) is 3.40. The fourth-order valence-corrected chi connectivity index (χ4v) is 1.50. The molecule has 6 nitrogen and oxygen atoms in total. The maximum absolute atomic E-state index is 11.4. The van der Waals surface area contributed by atoms with Gasteiger partial charge in [0.05, 0.1) is 0 Å². The topological polar surface area (TPSA) is 72.9 Å². The molecule has 0 N–H and O–H groups in total. The van der Waals surface area contributed by atoms with Crippen LogP contribution in [0, 0.1) is 0 Å². The molecule has 13 heavy (non-hydrogen) atoms. The van der Waals surface area contributed by atoms with E-state index >= 15 is 0 Å². The van der Waals surface area contributed by atoms with E-state index in [1.165, 1.54) is 21.3 Å². The van der Waals surface area contributed by atoms with Gasteiger partial charge in [0, 0.05) is 21.3 Å². The van der Waals surface area contributed by atoms with E-state index in [2.05, 4.69) is 9.05 Å². The van der Waals surface area contributed by atoms with Gasteiger partial charge in [0.25, 0.3) is 0 Å². The van der Waals surface area contributed by atoms with Crippen molar-refractivity contribution < 1.29 is 23.2 Å². The van der Waals surface area contributed by atoms with Crippen molar-refractivity contribution in [3.05, 3.63) is 0 Å². The summed E-state index contributed by atoms with van der Waals surface area (Å²) in [6.45, 7) is 0. The average molecular weight is 209 g/mol. The molecule has 0 unspecified atom stereocenters. The highest BCUT2D eigenvalue weighted by molar-refractivity contribution is 7.54. The van der Waals surface area contributed by atoms with Crippen LogP contribution >= 0.6 is 7.60 Å². The highest BCUT2D eigenvalue weighted by Gasteiger charge is 2.27. The summed E-state index contributed by atoms with van der Waals surface area (Å²) in [7, 11) is 0.272. The van der Waals surface area contributed by atoms with Crippen molar-refractivity contribution in [2.75, 3.05) is 27.4 Å². The summed E-state index contributed by atoms with van der Waals surface area (Å²) in [6.07, 6.45) is -0.104. The van der Waals surface area contributed by atoms with Crippen LogP contribution in [-0.4, -0.2) is 44.6 Å². The van der Waals surface area contributed by atoms with E-state index in [9.17, 15) is 14.2 Å². The van der Waals surface area contributed by atoms with Crippen LogP contribution in [0.15, 0.2) is 0 Å². The third kappa shape index (κ3) is 3.67. The van der Waals surface area contributed by atoms with Crippen LogP contribution < -0.4 is 0 Å². The molecular formula is C6H12NO5P. The Morgan fingerprint density at radius 1 is 1.46 bits per heavy atom. The number of imide groups is 1. The van der Waals surface area contributed by atoms with E-state index in [-0.39, 0.29) is 0 Å². The van der Waals surface area contributed by atoms with Gasteiger partial charge in [-0.05, 0) is 0 Å². The van der Waals surface area contributed by atoms with Crippen molar-refractivity contribution in [3.8, 4) is 0 Å². The fourth-order valence-electron chi connectivity index (χ4n) is 0.540. The lowest BCUT2D eigenvalue weighted by Crippen LogP contribution is -2.28. The number of hydrogen-bond donors (Lipinski definition) is 0. The lowest BCUT2D eigenvalue weighted by Gasteiger charge is -2.14. The van der Waals surface area contributed by atoms with E-state index in [0.717, 1.165) is 4.90 Å². The molecule has 0 aromatic heterocycles. The summed E-state index contributed by atoms with van der Waals surface area (Å²) in [5, 5.41) is 0. The third-order valence-electron chi connectivity index (χ3n) is 1.44. The Bertz CT molecular complexity index is 233. The van der Waals surface area contributed by atoms with Crippen LogP contribution in [0.25, 0.3) is 0 Å². The highest BCUT2D eigenvalue weighted by atomic mass is 31.2. The first kappa shape index (κ1) is 12.3. The van der Waals surface area contributed by atoms with Crippen molar-refractivity contribution in [1.82, 2.24) is 4.90 Å². The first-order chi connectivity index (χ1) is 5.99. The molecule has 0 saturated carbocycles. The Hall–Kier alpha value is -0.710. The minimum absolute atomic E-state index is 0.331. The van der Waals surface area contributed by atoms with Gasteiger partial charge in [-0.25, -0.2) is 0 Å². The molecule has 2 amide bonds. The van der Waals surface area contributed by atoms with Crippen LogP contribution in [0.3, 0.4) is 0 Å². The van der Waals surface area contributed by atoms with Crippen molar-refractivity contribution >= 4 is 19.9 Å². The predicted octanol–water partition coefficient (Wildman–Crippen LogP) is 0.0871. The molecular weight excluding hydrogens is 197 g/mol. The molecule has 0 atom stereocenters. The van der Waals surface area contributed by atoms with Crippen LogP contribution in [0.4, 0.5) is 0 Å². The maximum Gasteiger partial charge on any atom is 0.339 e. The lowest BCUT2D eigenvalue weighted by atomic mass is 10.6. The Morgan fingerprint density at radius 2 is 1.92 bits per heavy atom. The number of carbonyl (C=O) groups excluding carboxylic acids is 2. The molecule has 0 aliphatic rings. The molecule has 0 aliphatic heterocycles. The van der Waals surface area contributed by atoms with Gasteiger partial charge in [0.1, 0.15) is 6.16 Å². The number of hydrogen-bond acceptors (Lipinski definition) is 5. The van der Waals surface area contributed by atoms with Crippen LogP contribution in [0.2, 0.25) is 0 Å². The molecule has 0 bridgehead atoms. The normalized spacial score (nSPS) is 11.0. The second-order valence-corrected chi connectivity index (χ2v) is 4.51. The van der Waals surface area contributed by atoms with Crippen LogP contribution in [-0.2, 0) is 23.2 Å². The largest absolute Gasteiger partial charge is 0.339 e. The van der Waals surface area contributed by atoms with Crippen LogP contribution in [0.1, 0.15) is 0 Å². The molecule has 0 radical (unpaired) electrons. The van der Waals surface area contributed by atoms with Gasteiger partial charge >= 0.3 is 7.60 Å². The van der Waals surface area contributed by atoms with Gasteiger partial charge in [-0.15, -0.1) is 0 Å². The van der Waals surface area contributed by atoms with E-state index in [1.807, 2.05) is 0 Å². The van der Waals surface area contributed by atoms with Crippen molar-refractivity contribution in [1.29, 1.82) is 0 Å². The summed E-state index contributed by atoms with van der Waals surface area (Å²) in [4.78, 5) is 22.0. The van der Waals surface area contributed by atoms with Gasteiger partial charge in [-0.3, -0.25) is 19.1 Å². The Kier molecular flexibility index (Phi) is 4.83. The predicted molar refractivity (Wildman–Crippen MR) is 45.3 cm³/mol. The SMILES string of the molecule is COP(=O)(CC(=O)N(C)C=O)OC. The average Bonchev–Trinajstić information content (AvgIpc) is 2.16. The van der Waals surface area contributed by atoms with Crippen molar-refractivity contribution in [2.45, 2.75) is 0 Å². The summed E-state index contributed by atoms with van der Waals surface area (Å²) < 4.78 is 20.4. The zero-order valence-corrected chi connectivity index (χ0v) is 8.61. The van der Waals surface area contributed by atoms with Gasteiger partial charge in [0.15, 0.2) is 0 Å². The van der Waals surface area contributed by atoms with E-state index in [1.54, 1.807) is 0 Å². The van der Waals surface area contributed by atoms with E-state index in [4.69, 9.17) is 0 Å². The number of carbonyl (C=O) groups is 2. The molecule has 0 saturated heterocycles. The maximum atomic E-state index is 11.4. The lowest BCUT2D eigenvalue weighted by molar-refractivity contribution is -0.134. The summed E-state index contributed by atoms with van der Waals surface area (Å²) in [5.74, 6) is -0.609. The molecule has 0 fully saturated rings. The highest BCUT2D eigenvalue weighted by Crippen LogP contribution is 2.45. The Morgan fingerprint density at radius 3 is 2.23 bits per heavy atom. The number of amides is 2. The smallest absolute Gasteiger partial charge is 0.312 e.